The summed E-state index contributed by atoms with van der Waals surface area (Å²) in [5, 5.41) is 0.739. The van der Waals surface area contributed by atoms with Crippen LogP contribution in [0.3, 0.4) is 0 Å². The van der Waals surface area contributed by atoms with Crippen molar-refractivity contribution in [3.05, 3.63) is 29.0 Å². The topological polar surface area (TPSA) is 43.8 Å². The van der Waals surface area contributed by atoms with Crippen molar-refractivity contribution in [1.29, 1.82) is 0 Å². The van der Waals surface area contributed by atoms with Crippen LogP contribution in [0.1, 0.15) is 18.4 Å². The molecule has 0 radical (unpaired) electrons. The maximum atomic E-state index is 6.21. The Bertz CT molecular complexity index is 490. The highest BCUT2D eigenvalue weighted by atomic mass is 35.5. The van der Waals surface area contributed by atoms with Crippen molar-refractivity contribution in [2.45, 2.75) is 12.8 Å². The second-order valence-corrected chi connectivity index (χ2v) is 4.27. The van der Waals surface area contributed by atoms with Crippen molar-refractivity contribution in [2.24, 2.45) is 12.8 Å². The Morgan fingerprint density at radius 1 is 1.53 bits per heavy atom. The Morgan fingerprint density at radius 2 is 2.27 bits per heavy atom. The van der Waals surface area contributed by atoms with Crippen LogP contribution in [-0.4, -0.2) is 16.1 Å². The zero-order chi connectivity index (χ0) is 11.0. The van der Waals surface area contributed by atoms with Gasteiger partial charge in [0.1, 0.15) is 0 Å². The molecule has 1 unspecified atom stereocenters. The number of fused-ring (bicyclic) bond motifs is 1. The van der Waals surface area contributed by atoms with Crippen LogP contribution in [0.15, 0.2) is 18.5 Å². The molecule has 0 bridgehead atoms. The molecule has 1 aromatic carbocycles. The van der Waals surface area contributed by atoms with E-state index in [1.54, 1.807) is 6.33 Å². The van der Waals surface area contributed by atoms with E-state index in [0.29, 0.717) is 12.5 Å². The molecule has 0 fully saturated rings. The Morgan fingerprint density at radius 3 is 2.93 bits per heavy atom. The quantitative estimate of drug-likeness (QED) is 0.849. The van der Waals surface area contributed by atoms with Crippen LogP contribution in [0.4, 0.5) is 0 Å². The van der Waals surface area contributed by atoms with Gasteiger partial charge in [-0.25, -0.2) is 4.98 Å². The average Bonchev–Trinajstić information content (AvgIpc) is 2.59. The van der Waals surface area contributed by atoms with Gasteiger partial charge >= 0.3 is 0 Å². The molecule has 2 aromatic rings. The van der Waals surface area contributed by atoms with E-state index in [0.717, 1.165) is 21.6 Å². The molecule has 0 saturated heterocycles. The highest BCUT2D eigenvalue weighted by molar-refractivity contribution is 6.35. The van der Waals surface area contributed by atoms with Crippen LogP contribution < -0.4 is 5.73 Å². The molecule has 0 aliphatic rings. The van der Waals surface area contributed by atoms with Gasteiger partial charge in [-0.1, -0.05) is 18.5 Å². The van der Waals surface area contributed by atoms with Crippen molar-refractivity contribution in [2.75, 3.05) is 6.54 Å². The Hall–Kier alpha value is -1.06. The number of rotatable bonds is 2. The molecule has 1 atom stereocenters. The minimum atomic E-state index is 0.314. The lowest BCUT2D eigenvalue weighted by molar-refractivity contribution is 0.775. The van der Waals surface area contributed by atoms with Crippen molar-refractivity contribution in [1.82, 2.24) is 9.55 Å². The number of aryl methyl sites for hydroxylation is 1. The zero-order valence-corrected chi connectivity index (χ0v) is 9.62. The van der Waals surface area contributed by atoms with E-state index in [4.69, 9.17) is 17.3 Å². The molecule has 80 valence electrons. The van der Waals surface area contributed by atoms with E-state index in [1.807, 2.05) is 17.7 Å². The largest absolute Gasteiger partial charge is 0.333 e. The van der Waals surface area contributed by atoms with Gasteiger partial charge in [0.2, 0.25) is 0 Å². The van der Waals surface area contributed by atoms with Crippen LogP contribution in [0.25, 0.3) is 11.0 Å². The normalized spacial score (nSPS) is 13.3. The fraction of sp³-hybridized carbons (Fsp3) is 0.364. The number of hydrogen-bond donors (Lipinski definition) is 1. The third-order valence-corrected chi connectivity index (χ3v) is 3.00. The van der Waals surface area contributed by atoms with Gasteiger partial charge in [0.05, 0.1) is 22.4 Å². The second kappa shape index (κ2) is 3.83. The summed E-state index contributed by atoms with van der Waals surface area (Å²) >= 11 is 6.21. The lowest BCUT2D eigenvalue weighted by Crippen LogP contribution is -2.08. The Balaban J connectivity index is 2.63. The molecule has 15 heavy (non-hydrogen) atoms. The lowest BCUT2D eigenvalue weighted by atomic mass is 10.0. The fourth-order valence-corrected chi connectivity index (χ4v) is 2.04. The molecule has 0 saturated carbocycles. The van der Waals surface area contributed by atoms with Gasteiger partial charge in [0, 0.05) is 7.05 Å². The third kappa shape index (κ3) is 1.73. The summed E-state index contributed by atoms with van der Waals surface area (Å²) in [6.45, 7) is 2.70. The maximum absolute atomic E-state index is 6.21. The number of imidazole rings is 1. The van der Waals surface area contributed by atoms with Crippen LogP contribution in [-0.2, 0) is 7.05 Å². The maximum Gasteiger partial charge on any atom is 0.0956 e. The van der Waals surface area contributed by atoms with Crippen molar-refractivity contribution < 1.29 is 0 Å². The minimum Gasteiger partial charge on any atom is -0.333 e. The standard InChI is InChI=1S/C11H14ClN3/c1-7(5-13)8-3-9(12)11-10(4-8)14-6-15(11)2/h3-4,6-7H,5,13H2,1-2H3. The first-order valence-corrected chi connectivity index (χ1v) is 5.31. The van der Waals surface area contributed by atoms with Crippen molar-refractivity contribution >= 4 is 22.6 Å². The smallest absolute Gasteiger partial charge is 0.0956 e. The van der Waals surface area contributed by atoms with Crippen LogP contribution in [0.5, 0.6) is 0 Å². The Kier molecular flexibility index (Phi) is 2.67. The molecule has 1 heterocycles. The highest BCUT2D eigenvalue weighted by Crippen LogP contribution is 2.27. The average molecular weight is 224 g/mol. The number of nitrogens with zero attached hydrogens (tertiary/aromatic N) is 2. The predicted octanol–water partition coefficient (Wildman–Crippen LogP) is 2.29. The van der Waals surface area contributed by atoms with Crippen LogP contribution >= 0.6 is 11.6 Å². The molecular weight excluding hydrogens is 210 g/mol. The first-order valence-electron chi connectivity index (χ1n) is 4.94. The van der Waals surface area contributed by atoms with Crippen molar-refractivity contribution in [3.63, 3.8) is 0 Å². The van der Waals surface area contributed by atoms with Gasteiger partial charge in [-0.05, 0) is 30.2 Å². The summed E-state index contributed by atoms with van der Waals surface area (Å²) in [5.74, 6) is 0.314. The molecule has 3 nitrogen and oxygen atoms in total. The highest BCUT2D eigenvalue weighted by Gasteiger charge is 2.10. The van der Waals surface area contributed by atoms with Crippen LogP contribution in [0.2, 0.25) is 5.02 Å². The number of halogens is 1. The van der Waals surface area contributed by atoms with E-state index < -0.39 is 0 Å². The molecule has 2 rings (SSSR count). The van der Waals surface area contributed by atoms with Gasteiger partial charge < -0.3 is 10.3 Å². The fourth-order valence-electron chi connectivity index (χ4n) is 1.68. The number of benzene rings is 1. The van der Waals surface area contributed by atoms with E-state index in [1.165, 1.54) is 0 Å². The van der Waals surface area contributed by atoms with Gasteiger partial charge in [-0.3, -0.25) is 0 Å². The monoisotopic (exact) mass is 223 g/mol. The van der Waals surface area contributed by atoms with E-state index in [9.17, 15) is 0 Å². The minimum absolute atomic E-state index is 0.314. The van der Waals surface area contributed by atoms with E-state index in [2.05, 4.69) is 18.0 Å². The van der Waals surface area contributed by atoms with Crippen molar-refractivity contribution in [3.8, 4) is 0 Å². The van der Waals surface area contributed by atoms with Gasteiger partial charge in [-0.15, -0.1) is 0 Å². The first-order chi connectivity index (χ1) is 7.13. The molecule has 0 spiro atoms. The molecule has 4 heteroatoms. The van der Waals surface area contributed by atoms with Gasteiger partial charge in [0.15, 0.2) is 0 Å². The van der Waals surface area contributed by atoms with Gasteiger partial charge in [-0.2, -0.15) is 0 Å². The zero-order valence-electron chi connectivity index (χ0n) is 8.87. The number of hydrogen-bond acceptors (Lipinski definition) is 2. The summed E-state index contributed by atoms with van der Waals surface area (Å²) in [5.41, 5.74) is 8.69. The molecular formula is C11H14ClN3. The predicted molar refractivity (Wildman–Crippen MR) is 63.2 cm³/mol. The number of nitrogens with two attached hydrogens (primary N) is 1. The molecule has 1 aromatic heterocycles. The Labute approximate surface area is 93.9 Å². The van der Waals surface area contributed by atoms with Gasteiger partial charge in [0.25, 0.3) is 0 Å². The molecule has 0 aliphatic heterocycles. The number of aromatic nitrogens is 2. The summed E-state index contributed by atoms with van der Waals surface area (Å²) in [6.07, 6.45) is 1.77. The molecule has 2 N–H and O–H groups in total. The summed E-state index contributed by atoms with van der Waals surface area (Å²) in [6, 6.07) is 4.03. The van der Waals surface area contributed by atoms with E-state index in [-0.39, 0.29) is 0 Å². The molecule has 0 amide bonds. The summed E-state index contributed by atoms with van der Waals surface area (Å²) < 4.78 is 1.93. The second-order valence-electron chi connectivity index (χ2n) is 3.86. The summed E-state index contributed by atoms with van der Waals surface area (Å²) in [4.78, 5) is 4.29. The first kappa shape index (κ1) is 10.5. The third-order valence-electron chi connectivity index (χ3n) is 2.71. The van der Waals surface area contributed by atoms with E-state index >= 15 is 0 Å². The SMILES string of the molecule is CC(CN)c1cc(Cl)c2c(c1)ncn2C. The van der Waals surface area contributed by atoms with Crippen LogP contribution in [0, 0.1) is 0 Å². The lowest BCUT2D eigenvalue weighted by Gasteiger charge is -2.09. The summed E-state index contributed by atoms with van der Waals surface area (Å²) in [7, 11) is 1.94. The molecule has 0 aliphatic carbocycles.